The highest BCUT2D eigenvalue weighted by Crippen LogP contribution is 2.43. The summed E-state index contributed by atoms with van der Waals surface area (Å²) in [5.41, 5.74) is 4.69. The van der Waals surface area contributed by atoms with E-state index in [-0.39, 0.29) is 11.3 Å². The zero-order chi connectivity index (χ0) is 23.0. The second-order valence-corrected chi connectivity index (χ2v) is 8.04. The van der Waals surface area contributed by atoms with Gasteiger partial charge in [0, 0.05) is 11.3 Å². The molecule has 0 spiro atoms. The molecule has 3 aromatic carbocycles. The van der Waals surface area contributed by atoms with Gasteiger partial charge in [-0.3, -0.25) is 14.5 Å². The van der Waals surface area contributed by atoms with Crippen LogP contribution in [0.1, 0.15) is 33.9 Å². The summed E-state index contributed by atoms with van der Waals surface area (Å²) < 4.78 is 5.23. The molecule has 4 rings (SSSR count). The maximum absolute atomic E-state index is 13.3. The summed E-state index contributed by atoms with van der Waals surface area (Å²) in [4.78, 5) is 28.0. The monoisotopic (exact) mass is 427 g/mol. The van der Waals surface area contributed by atoms with Gasteiger partial charge in [-0.2, -0.15) is 0 Å². The minimum Gasteiger partial charge on any atom is -0.507 e. The van der Waals surface area contributed by atoms with E-state index in [1.54, 1.807) is 31.4 Å². The summed E-state index contributed by atoms with van der Waals surface area (Å²) >= 11 is 0. The van der Waals surface area contributed by atoms with Gasteiger partial charge in [0.1, 0.15) is 11.5 Å². The third kappa shape index (κ3) is 3.56. The number of ether oxygens (including phenoxy) is 1. The van der Waals surface area contributed by atoms with Gasteiger partial charge in [-0.05, 0) is 67.8 Å². The summed E-state index contributed by atoms with van der Waals surface area (Å²) in [7, 11) is 1.57. The number of Topliss-reactive ketones (excluding diaryl/α,β-unsaturated/α-hetero) is 1. The van der Waals surface area contributed by atoms with E-state index in [1.165, 1.54) is 4.90 Å². The van der Waals surface area contributed by atoms with Gasteiger partial charge < -0.3 is 9.84 Å². The van der Waals surface area contributed by atoms with Crippen LogP contribution in [0.4, 0.5) is 5.69 Å². The molecule has 1 fully saturated rings. The molecule has 5 heteroatoms. The van der Waals surface area contributed by atoms with Crippen LogP contribution in [0.15, 0.2) is 72.3 Å². The van der Waals surface area contributed by atoms with Crippen molar-refractivity contribution >= 4 is 23.1 Å². The zero-order valence-electron chi connectivity index (χ0n) is 18.5. The molecule has 0 aliphatic carbocycles. The Kier molecular flexibility index (Phi) is 5.57. The second-order valence-electron chi connectivity index (χ2n) is 8.04. The van der Waals surface area contributed by atoms with Gasteiger partial charge in [0.25, 0.3) is 11.7 Å². The number of carbonyl (C=O) groups excluding carboxylic acids is 2. The predicted molar refractivity (Wildman–Crippen MR) is 125 cm³/mol. The van der Waals surface area contributed by atoms with E-state index in [2.05, 4.69) is 0 Å². The van der Waals surface area contributed by atoms with Crippen molar-refractivity contribution < 1.29 is 19.4 Å². The number of rotatable bonds is 4. The molecule has 5 nitrogen and oxygen atoms in total. The Labute approximate surface area is 187 Å². The van der Waals surface area contributed by atoms with Gasteiger partial charge in [0.05, 0.1) is 18.7 Å². The van der Waals surface area contributed by atoms with Crippen LogP contribution in [0.5, 0.6) is 5.75 Å². The van der Waals surface area contributed by atoms with Crippen LogP contribution in [0, 0.1) is 20.8 Å². The van der Waals surface area contributed by atoms with Crippen LogP contribution < -0.4 is 9.64 Å². The first-order valence-corrected chi connectivity index (χ1v) is 10.4. The lowest BCUT2D eigenvalue weighted by atomic mass is 9.91. The fraction of sp³-hybridized carbons (Fsp3) is 0.185. The molecule has 1 saturated heterocycles. The molecular weight excluding hydrogens is 402 g/mol. The van der Waals surface area contributed by atoms with Gasteiger partial charge in [-0.15, -0.1) is 0 Å². The fourth-order valence-electron chi connectivity index (χ4n) is 4.17. The summed E-state index contributed by atoms with van der Waals surface area (Å²) in [6, 6.07) is 19.5. The third-order valence-corrected chi connectivity index (χ3v) is 5.93. The number of hydrogen-bond donors (Lipinski definition) is 1. The van der Waals surface area contributed by atoms with E-state index in [0.717, 1.165) is 22.3 Å². The zero-order valence-corrected chi connectivity index (χ0v) is 18.5. The summed E-state index contributed by atoms with van der Waals surface area (Å²) in [6.07, 6.45) is 0. The molecule has 0 bridgehead atoms. The van der Waals surface area contributed by atoms with Crippen LogP contribution in [0.3, 0.4) is 0 Å². The van der Waals surface area contributed by atoms with E-state index in [0.29, 0.717) is 17.0 Å². The van der Waals surface area contributed by atoms with Gasteiger partial charge in [0.2, 0.25) is 0 Å². The number of benzene rings is 3. The third-order valence-electron chi connectivity index (χ3n) is 5.93. The molecular formula is C27H25NO4. The Bertz CT molecular complexity index is 1240. The molecule has 1 heterocycles. The van der Waals surface area contributed by atoms with Crippen molar-refractivity contribution in [2.75, 3.05) is 12.0 Å². The molecule has 3 aromatic rings. The lowest BCUT2D eigenvalue weighted by Crippen LogP contribution is -2.29. The number of nitrogens with zero attached hydrogens (tertiary/aromatic N) is 1. The SMILES string of the molecule is COc1ccc(N2C(=O)C(=O)/C(=C(/O)c3cc(C)ccc3C)C2c2ccccc2C)cc1. The van der Waals surface area contributed by atoms with Crippen molar-refractivity contribution in [3.05, 3.63) is 100 Å². The van der Waals surface area contributed by atoms with E-state index in [4.69, 9.17) is 4.74 Å². The van der Waals surface area contributed by atoms with Crippen molar-refractivity contribution in [3.8, 4) is 5.75 Å². The first-order chi connectivity index (χ1) is 15.3. The second kappa shape index (κ2) is 8.35. The van der Waals surface area contributed by atoms with E-state index >= 15 is 0 Å². The Morgan fingerprint density at radius 3 is 2.25 bits per heavy atom. The van der Waals surface area contributed by atoms with Crippen molar-refractivity contribution in [2.45, 2.75) is 26.8 Å². The van der Waals surface area contributed by atoms with Crippen molar-refractivity contribution in [1.82, 2.24) is 0 Å². The molecule has 1 unspecified atom stereocenters. The molecule has 1 aliphatic heterocycles. The van der Waals surface area contributed by atoms with Crippen LogP contribution in [0.2, 0.25) is 0 Å². The Hall–Kier alpha value is -3.86. The molecule has 162 valence electrons. The van der Waals surface area contributed by atoms with Gasteiger partial charge >= 0.3 is 0 Å². The number of carbonyl (C=O) groups is 2. The number of aryl methyl sites for hydroxylation is 3. The van der Waals surface area contributed by atoms with Crippen molar-refractivity contribution in [2.24, 2.45) is 0 Å². The predicted octanol–water partition coefficient (Wildman–Crippen LogP) is 5.25. The Morgan fingerprint density at radius 2 is 1.59 bits per heavy atom. The number of hydrogen-bond acceptors (Lipinski definition) is 4. The summed E-state index contributed by atoms with van der Waals surface area (Å²) in [5.74, 6) is -0.885. The van der Waals surface area contributed by atoms with Crippen LogP contribution in [-0.4, -0.2) is 23.9 Å². The number of anilines is 1. The maximum atomic E-state index is 13.3. The molecule has 0 aromatic heterocycles. The molecule has 32 heavy (non-hydrogen) atoms. The quantitative estimate of drug-likeness (QED) is 0.351. The van der Waals surface area contributed by atoms with Crippen LogP contribution in [-0.2, 0) is 9.59 Å². The lowest BCUT2D eigenvalue weighted by molar-refractivity contribution is -0.132. The fourth-order valence-corrected chi connectivity index (χ4v) is 4.17. The van der Waals surface area contributed by atoms with Crippen molar-refractivity contribution in [3.63, 3.8) is 0 Å². The van der Waals surface area contributed by atoms with Crippen LogP contribution >= 0.6 is 0 Å². The molecule has 0 saturated carbocycles. The van der Waals surface area contributed by atoms with Crippen LogP contribution in [0.25, 0.3) is 5.76 Å². The standard InChI is InChI=1S/C27H25NO4/c1-16-9-10-18(3)22(15-16)25(29)23-24(21-8-6-5-7-17(21)2)28(27(31)26(23)30)19-11-13-20(32-4)14-12-19/h5-15,24,29H,1-4H3/b25-23+. The Morgan fingerprint density at radius 1 is 0.906 bits per heavy atom. The molecule has 1 atom stereocenters. The highest BCUT2D eigenvalue weighted by atomic mass is 16.5. The minimum absolute atomic E-state index is 0.0915. The molecule has 1 amide bonds. The maximum Gasteiger partial charge on any atom is 0.300 e. The molecule has 1 N–H and O–H groups in total. The molecule has 0 radical (unpaired) electrons. The summed E-state index contributed by atoms with van der Waals surface area (Å²) in [5, 5.41) is 11.3. The number of amides is 1. The first kappa shape index (κ1) is 21.4. The van der Waals surface area contributed by atoms with Gasteiger partial charge in [-0.1, -0.05) is 42.0 Å². The van der Waals surface area contributed by atoms with Crippen molar-refractivity contribution in [1.29, 1.82) is 0 Å². The van der Waals surface area contributed by atoms with Gasteiger partial charge in [0.15, 0.2) is 0 Å². The summed E-state index contributed by atoms with van der Waals surface area (Å²) in [6.45, 7) is 5.73. The number of aliphatic hydroxyl groups excluding tert-OH is 1. The largest absolute Gasteiger partial charge is 0.507 e. The number of ketones is 1. The number of methoxy groups -OCH3 is 1. The smallest absolute Gasteiger partial charge is 0.300 e. The van der Waals surface area contributed by atoms with E-state index < -0.39 is 17.7 Å². The first-order valence-electron chi connectivity index (χ1n) is 10.4. The minimum atomic E-state index is -0.746. The van der Waals surface area contributed by atoms with E-state index in [9.17, 15) is 14.7 Å². The van der Waals surface area contributed by atoms with Gasteiger partial charge in [-0.25, -0.2) is 0 Å². The molecule has 1 aliphatic rings. The average molecular weight is 428 g/mol. The Balaban J connectivity index is 1.98. The average Bonchev–Trinajstić information content (AvgIpc) is 3.05. The van der Waals surface area contributed by atoms with E-state index in [1.807, 2.05) is 63.2 Å². The highest BCUT2D eigenvalue weighted by Gasteiger charge is 2.47. The normalized spacial score (nSPS) is 17.6. The number of aliphatic hydroxyl groups is 1. The highest BCUT2D eigenvalue weighted by molar-refractivity contribution is 6.51. The topological polar surface area (TPSA) is 66.8 Å². The lowest BCUT2D eigenvalue weighted by Gasteiger charge is -2.27.